The lowest BCUT2D eigenvalue weighted by molar-refractivity contribution is -0.137. The molecule has 31 heavy (non-hydrogen) atoms. The van der Waals surface area contributed by atoms with Crippen molar-refractivity contribution in [1.82, 2.24) is 9.97 Å². The van der Waals surface area contributed by atoms with Gasteiger partial charge in [-0.3, -0.25) is 4.79 Å². The molecular weight excluding hydrogens is 403 g/mol. The molecule has 0 atom stereocenters. The lowest BCUT2D eigenvalue weighted by Crippen LogP contribution is -2.16. The summed E-state index contributed by atoms with van der Waals surface area (Å²) in [5.41, 5.74) is 2.57. The molecule has 1 aromatic heterocycles. The molecule has 1 heterocycles. The van der Waals surface area contributed by atoms with Crippen molar-refractivity contribution in [3.8, 4) is 11.4 Å². The Balaban J connectivity index is 1.90. The van der Waals surface area contributed by atoms with Crippen molar-refractivity contribution >= 4 is 22.5 Å². The van der Waals surface area contributed by atoms with Crippen LogP contribution in [0.4, 0.5) is 18.9 Å². The molecule has 4 nitrogen and oxygen atoms in total. The number of benzene rings is 3. The number of nitrogens with one attached hydrogen (secondary N) is 1. The quantitative estimate of drug-likeness (QED) is 0.429. The van der Waals surface area contributed by atoms with Gasteiger partial charge in [-0.25, -0.2) is 9.97 Å². The molecule has 4 rings (SSSR count). The lowest BCUT2D eigenvalue weighted by atomic mass is 10.0. The minimum Gasteiger partial charge on any atom is -0.321 e. The molecule has 0 aliphatic carbocycles. The number of nitrogens with zero attached hydrogens (tertiary/aromatic N) is 2. The summed E-state index contributed by atoms with van der Waals surface area (Å²) >= 11 is 0. The molecule has 156 valence electrons. The van der Waals surface area contributed by atoms with Gasteiger partial charge >= 0.3 is 6.18 Å². The smallest absolute Gasteiger partial charge is 0.321 e. The van der Waals surface area contributed by atoms with Crippen LogP contribution in [0.2, 0.25) is 0 Å². The lowest BCUT2D eigenvalue weighted by Gasteiger charge is -2.13. The van der Waals surface area contributed by atoms with Gasteiger partial charge < -0.3 is 5.32 Å². The van der Waals surface area contributed by atoms with E-state index >= 15 is 0 Å². The van der Waals surface area contributed by atoms with Crippen LogP contribution in [-0.2, 0) is 6.18 Å². The molecule has 0 saturated carbocycles. The van der Waals surface area contributed by atoms with Crippen LogP contribution in [0.25, 0.3) is 22.3 Å². The summed E-state index contributed by atoms with van der Waals surface area (Å²) in [7, 11) is 0. The van der Waals surface area contributed by atoms with E-state index in [0.717, 1.165) is 23.3 Å². The predicted molar refractivity (Wildman–Crippen MR) is 114 cm³/mol. The van der Waals surface area contributed by atoms with E-state index in [2.05, 4.69) is 15.3 Å². The van der Waals surface area contributed by atoms with Crippen molar-refractivity contribution in [2.75, 3.05) is 5.32 Å². The first-order valence-electron chi connectivity index (χ1n) is 9.55. The third kappa shape index (κ3) is 4.26. The highest BCUT2D eigenvalue weighted by atomic mass is 19.4. The summed E-state index contributed by atoms with van der Waals surface area (Å²) in [6.45, 7) is 3.91. The Labute approximate surface area is 176 Å². The van der Waals surface area contributed by atoms with E-state index in [1.807, 2.05) is 32.0 Å². The molecule has 0 fully saturated rings. The minimum absolute atomic E-state index is 0.0378. The van der Waals surface area contributed by atoms with Gasteiger partial charge in [0.2, 0.25) is 0 Å². The Kier molecular flexibility index (Phi) is 5.19. The second-order valence-corrected chi connectivity index (χ2v) is 7.24. The van der Waals surface area contributed by atoms with E-state index < -0.39 is 17.6 Å². The molecule has 0 aliphatic heterocycles. The number of carbonyl (C=O) groups excluding carboxylic acids is 1. The zero-order valence-corrected chi connectivity index (χ0v) is 16.8. The van der Waals surface area contributed by atoms with Crippen molar-refractivity contribution in [3.05, 3.63) is 89.1 Å². The van der Waals surface area contributed by atoms with E-state index in [1.54, 1.807) is 30.3 Å². The van der Waals surface area contributed by atoms with Gasteiger partial charge in [0.15, 0.2) is 5.82 Å². The molecule has 4 aromatic rings. The molecule has 0 spiro atoms. The van der Waals surface area contributed by atoms with Crippen LogP contribution < -0.4 is 5.32 Å². The number of rotatable bonds is 3. The standard InChI is InChI=1S/C24H18F3N3O/c1-14-8-9-16(12-15(14)2)22-29-20-11-10-17(24(25,26)27)13-19(20)21(30-22)23(31)28-18-6-4-3-5-7-18/h3-13H,1-2H3,(H,28,31). The zero-order valence-electron chi connectivity index (χ0n) is 16.8. The molecule has 3 aromatic carbocycles. The molecular formula is C24H18F3N3O. The van der Waals surface area contributed by atoms with Gasteiger partial charge in [-0.1, -0.05) is 30.3 Å². The van der Waals surface area contributed by atoms with E-state index in [0.29, 0.717) is 11.3 Å². The first-order chi connectivity index (χ1) is 14.7. The van der Waals surface area contributed by atoms with E-state index in [-0.39, 0.29) is 22.4 Å². The maximum atomic E-state index is 13.3. The zero-order chi connectivity index (χ0) is 22.2. The number of carbonyl (C=O) groups is 1. The fourth-order valence-electron chi connectivity index (χ4n) is 3.20. The summed E-state index contributed by atoms with van der Waals surface area (Å²) in [5.74, 6) is -0.337. The first-order valence-corrected chi connectivity index (χ1v) is 9.55. The van der Waals surface area contributed by atoms with Gasteiger partial charge in [-0.05, 0) is 61.4 Å². The maximum absolute atomic E-state index is 13.3. The average molecular weight is 421 g/mol. The van der Waals surface area contributed by atoms with Crippen LogP contribution in [0.5, 0.6) is 0 Å². The monoisotopic (exact) mass is 421 g/mol. The third-order valence-electron chi connectivity index (χ3n) is 5.03. The first kappa shape index (κ1) is 20.5. The number of fused-ring (bicyclic) bond motifs is 1. The van der Waals surface area contributed by atoms with Crippen LogP contribution in [0.1, 0.15) is 27.2 Å². The van der Waals surface area contributed by atoms with Gasteiger partial charge in [0, 0.05) is 16.6 Å². The van der Waals surface area contributed by atoms with Crippen molar-refractivity contribution < 1.29 is 18.0 Å². The summed E-state index contributed by atoms with van der Waals surface area (Å²) < 4.78 is 39.8. The molecule has 7 heteroatoms. The number of anilines is 1. The number of hydrogen-bond donors (Lipinski definition) is 1. The number of aromatic nitrogens is 2. The van der Waals surface area contributed by atoms with E-state index in [1.165, 1.54) is 6.07 Å². The largest absolute Gasteiger partial charge is 0.416 e. The summed E-state index contributed by atoms with van der Waals surface area (Å²) in [4.78, 5) is 21.8. The molecule has 0 radical (unpaired) electrons. The Morgan fingerprint density at radius 2 is 1.61 bits per heavy atom. The fraction of sp³-hybridized carbons (Fsp3) is 0.125. The SMILES string of the molecule is Cc1ccc(-c2nc(C(=O)Nc3ccccc3)c3cc(C(F)(F)F)ccc3n2)cc1C. The van der Waals surface area contributed by atoms with Crippen molar-refractivity contribution in [2.45, 2.75) is 20.0 Å². The van der Waals surface area contributed by atoms with Crippen LogP contribution in [0.3, 0.4) is 0 Å². The van der Waals surface area contributed by atoms with Crippen molar-refractivity contribution in [2.24, 2.45) is 0 Å². The third-order valence-corrected chi connectivity index (χ3v) is 5.03. The van der Waals surface area contributed by atoms with Gasteiger partial charge in [-0.15, -0.1) is 0 Å². The number of amides is 1. The summed E-state index contributed by atoms with van der Waals surface area (Å²) in [6.07, 6.45) is -4.55. The highest BCUT2D eigenvalue weighted by molar-refractivity contribution is 6.11. The maximum Gasteiger partial charge on any atom is 0.416 e. The summed E-state index contributed by atoms with van der Waals surface area (Å²) in [6, 6.07) is 17.4. The van der Waals surface area contributed by atoms with Crippen molar-refractivity contribution in [1.29, 1.82) is 0 Å². The Hall–Kier alpha value is -3.74. The number of aryl methyl sites for hydroxylation is 2. The van der Waals surface area contributed by atoms with Crippen LogP contribution >= 0.6 is 0 Å². The van der Waals surface area contributed by atoms with E-state index in [9.17, 15) is 18.0 Å². The molecule has 0 aliphatic rings. The predicted octanol–water partition coefficient (Wildman–Crippen LogP) is 6.18. The molecule has 1 amide bonds. The second kappa shape index (κ2) is 7.83. The van der Waals surface area contributed by atoms with Gasteiger partial charge in [0.05, 0.1) is 11.1 Å². The molecule has 0 bridgehead atoms. The van der Waals surface area contributed by atoms with Gasteiger partial charge in [0.1, 0.15) is 5.69 Å². The Morgan fingerprint density at radius 1 is 0.871 bits per heavy atom. The average Bonchev–Trinajstić information content (AvgIpc) is 2.74. The normalized spacial score (nSPS) is 11.5. The number of alkyl halides is 3. The summed E-state index contributed by atoms with van der Waals surface area (Å²) in [5, 5.41) is 2.74. The second-order valence-electron chi connectivity index (χ2n) is 7.24. The van der Waals surface area contributed by atoms with Gasteiger partial charge in [-0.2, -0.15) is 13.2 Å². The number of para-hydroxylation sites is 1. The van der Waals surface area contributed by atoms with E-state index in [4.69, 9.17) is 0 Å². The van der Waals surface area contributed by atoms with Crippen LogP contribution in [-0.4, -0.2) is 15.9 Å². The molecule has 0 unspecified atom stereocenters. The van der Waals surface area contributed by atoms with Crippen LogP contribution in [0, 0.1) is 13.8 Å². The van der Waals surface area contributed by atoms with Crippen molar-refractivity contribution in [3.63, 3.8) is 0 Å². The van der Waals surface area contributed by atoms with Crippen LogP contribution in [0.15, 0.2) is 66.7 Å². The Bertz CT molecular complexity index is 1280. The fourth-order valence-corrected chi connectivity index (χ4v) is 3.20. The van der Waals surface area contributed by atoms with Gasteiger partial charge in [0.25, 0.3) is 5.91 Å². The Morgan fingerprint density at radius 3 is 2.29 bits per heavy atom. The molecule has 0 saturated heterocycles. The number of hydrogen-bond acceptors (Lipinski definition) is 3. The minimum atomic E-state index is -4.55. The highest BCUT2D eigenvalue weighted by Gasteiger charge is 2.31. The topological polar surface area (TPSA) is 54.9 Å². The highest BCUT2D eigenvalue weighted by Crippen LogP contribution is 2.33. The molecule has 1 N–H and O–H groups in total. The number of halogens is 3.